The number of ether oxygens (including phenoxy) is 1. The van der Waals surface area contributed by atoms with Crippen LogP contribution in [0.1, 0.15) is 5.82 Å². The molecule has 96 valence electrons. The summed E-state index contributed by atoms with van der Waals surface area (Å²) in [7, 11) is 1.53. The second kappa shape index (κ2) is 5.35. The van der Waals surface area contributed by atoms with Crippen LogP contribution in [-0.2, 0) is 4.74 Å². The molecule has 0 bridgehead atoms. The number of aromatic amines is 1. The smallest absolute Gasteiger partial charge is 0.259 e. The molecule has 0 aliphatic carbocycles. The van der Waals surface area contributed by atoms with E-state index >= 15 is 0 Å². The number of rotatable bonds is 4. The van der Waals surface area contributed by atoms with Crippen LogP contribution < -0.4 is 5.56 Å². The minimum Gasteiger partial charge on any atom is -0.496 e. The maximum Gasteiger partial charge on any atom is 0.259 e. The summed E-state index contributed by atoms with van der Waals surface area (Å²) in [5.41, 5.74) is 1.03. The third-order valence-electron chi connectivity index (χ3n) is 2.74. The zero-order chi connectivity index (χ0) is 13.8. The van der Waals surface area contributed by atoms with Crippen molar-refractivity contribution in [2.75, 3.05) is 7.11 Å². The number of nitrogens with one attached hydrogen (secondary N) is 1. The summed E-state index contributed by atoms with van der Waals surface area (Å²) in [5.74, 6) is 0.920. The molecule has 2 aromatic rings. The van der Waals surface area contributed by atoms with Gasteiger partial charge in [0.15, 0.2) is 0 Å². The minimum atomic E-state index is -0.195. The van der Waals surface area contributed by atoms with Gasteiger partial charge in [-0.2, -0.15) is 0 Å². The van der Waals surface area contributed by atoms with Crippen LogP contribution in [0.15, 0.2) is 60.1 Å². The van der Waals surface area contributed by atoms with Crippen LogP contribution in [0, 0.1) is 0 Å². The van der Waals surface area contributed by atoms with E-state index in [2.05, 4.69) is 23.1 Å². The van der Waals surface area contributed by atoms with Crippen molar-refractivity contribution >= 4 is 16.5 Å². The molecule has 0 spiro atoms. The molecule has 1 aromatic carbocycles. The third-order valence-corrected chi connectivity index (χ3v) is 2.74. The van der Waals surface area contributed by atoms with Gasteiger partial charge in [0.2, 0.25) is 0 Å². The maximum absolute atomic E-state index is 12.0. The summed E-state index contributed by atoms with van der Waals surface area (Å²) in [6, 6.07) is 7.15. The Bertz CT molecular complexity index is 726. The minimum absolute atomic E-state index is 0.195. The quantitative estimate of drug-likeness (QED) is 0.674. The van der Waals surface area contributed by atoms with Crippen LogP contribution in [0.3, 0.4) is 0 Å². The normalized spacial score (nSPS) is 11.8. The van der Waals surface area contributed by atoms with E-state index in [0.29, 0.717) is 28.1 Å². The van der Waals surface area contributed by atoms with Gasteiger partial charge in [-0.05, 0) is 18.2 Å². The molecule has 0 aliphatic rings. The zero-order valence-electron chi connectivity index (χ0n) is 10.6. The van der Waals surface area contributed by atoms with E-state index in [-0.39, 0.29) is 5.56 Å². The molecule has 1 N–H and O–H groups in total. The Morgan fingerprint density at radius 3 is 2.68 bits per heavy atom. The lowest BCUT2D eigenvalue weighted by Gasteiger charge is -2.08. The molecule has 0 saturated carbocycles. The lowest BCUT2D eigenvalue weighted by atomic mass is 10.2. The Labute approximate surface area is 110 Å². The molecule has 0 unspecified atom stereocenters. The molecular weight excluding hydrogens is 240 g/mol. The first-order valence-corrected chi connectivity index (χ1v) is 5.73. The molecule has 0 amide bonds. The highest BCUT2D eigenvalue weighted by Gasteiger charge is 2.09. The number of hydrogen-bond acceptors (Lipinski definition) is 3. The van der Waals surface area contributed by atoms with E-state index in [4.69, 9.17) is 4.74 Å². The number of H-pyrrole nitrogens is 1. The van der Waals surface area contributed by atoms with Crippen molar-refractivity contribution in [2.45, 2.75) is 0 Å². The molecule has 1 aromatic heterocycles. The van der Waals surface area contributed by atoms with Crippen molar-refractivity contribution in [3.63, 3.8) is 0 Å². The fraction of sp³-hybridized carbons (Fsp3) is 0.0667. The SMILES string of the molecule is C=C/C(OC)=C(\C=C)c1nc2ccccc2c(=O)[nH]1. The monoisotopic (exact) mass is 254 g/mol. The number of para-hydroxylation sites is 1. The van der Waals surface area contributed by atoms with Gasteiger partial charge in [0.1, 0.15) is 11.6 Å². The first-order chi connectivity index (χ1) is 9.21. The Morgan fingerprint density at radius 2 is 2.05 bits per heavy atom. The van der Waals surface area contributed by atoms with Crippen molar-refractivity contribution in [1.29, 1.82) is 0 Å². The molecule has 0 saturated heterocycles. The number of nitrogens with zero attached hydrogens (tertiary/aromatic N) is 1. The molecule has 2 rings (SSSR count). The summed E-state index contributed by atoms with van der Waals surface area (Å²) in [6.45, 7) is 7.38. The first kappa shape index (κ1) is 12.8. The molecule has 19 heavy (non-hydrogen) atoms. The van der Waals surface area contributed by atoms with Gasteiger partial charge in [-0.15, -0.1) is 0 Å². The van der Waals surface area contributed by atoms with Crippen LogP contribution in [0.5, 0.6) is 0 Å². The van der Waals surface area contributed by atoms with Crippen LogP contribution in [0.25, 0.3) is 16.5 Å². The van der Waals surface area contributed by atoms with Gasteiger partial charge in [0, 0.05) is 0 Å². The van der Waals surface area contributed by atoms with Crippen LogP contribution in [-0.4, -0.2) is 17.1 Å². The molecular formula is C15H14N2O2. The predicted octanol–water partition coefficient (Wildman–Crippen LogP) is 2.65. The number of fused-ring (bicyclic) bond motifs is 1. The molecule has 0 atom stereocenters. The van der Waals surface area contributed by atoms with Gasteiger partial charge in [-0.1, -0.05) is 31.4 Å². The summed E-state index contributed by atoms with van der Waals surface area (Å²) in [5, 5.41) is 0.548. The van der Waals surface area contributed by atoms with Gasteiger partial charge in [-0.3, -0.25) is 4.79 Å². The second-order valence-corrected chi connectivity index (χ2v) is 3.82. The van der Waals surface area contributed by atoms with E-state index in [9.17, 15) is 4.79 Å². The van der Waals surface area contributed by atoms with E-state index in [1.807, 2.05) is 6.07 Å². The number of benzene rings is 1. The average molecular weight is 254 g/mol. The third kappa shape index (κ3) is 2.33. The Kier molecular flexibility index (Phi) is 3.61. The highest BCUT2D eigenvalue weighted by Crippen LogP contribution is 2.18. The van der Waals surface area contributed by atoms with E-state index in [0.717, 1.165) is 0 Å². The summed E-state index contributed by atoms with van der Waals surface area (Å²) < 4.78 is 5.19. The largest absolute Gasteiger partial charge is 0.496 e. The van der Waals surface area contributed by atoms with Crippen molar-refractivity contribution in [2.24, 2.45) is 0 Å². The fourth-order valence-electron chi connectivity index (χ4n) is 1.83. The molecule has 1 heterocycles. The zero-order valence-corrected chi connectivity index (χ0v) is 10.6. The highest BCUT2D eigenvalue weighted by atomic mass is 16.5. The predicted molar refractivity (Wildman–Crippen MR) is 76.7 cm³/mol. The maximum atomic E-state index is 12.0. The summed E-state index contributed by atoms with van der Waals surface area (Å²) >= 11 is 0. The standard InChI is InChI=1S/C15H14N2O2/c1-4-10(13(5-2)19-3)14-16-12-9-7-6-8-11(12)15(18)17-14/h4-9H,1-2H2,3H3,(H,16,17,18)/b13-10-. The van der Waals surface area contributed by atoms with Crippen molar-refractivity contribution < 1.29 is 4.74 Å². The number of hydrogen-bond donors (Lipinski definition) is 1. The number of allylic oxidation sites excluding steroid dienone is 3. The molecule has 4 nitrogen and oxygen atoms in total. The van der Waals surface area contributed by atoms with Crippen molar-refractivity contribution in [1.82, 2.24) is 9.97 Å². The van der Waals surface area contributed by atoms with Gasteiger partial charge in [0.25, 0.3) is 5.56 Å². The van der Waals surface area contributed by atoms with Gasteiger partial charge in [-0.25, -0.2) is 4.98 Å². The van der Waals surface area contributed by atoms with Crippen molar-refractivity contribution in [3.05, 3.63) is 71.5 Å². The molecule has 4 heteroatoms. The van der Waals surface area contributed by atoms with Crippen LogP contribution in [0.4, 0.5) is 0 Å². The second-order valence-electron chi connectivity index (χ2n) is 3.82. The molecule has 0 radical (unpaired) electrons. The number of aromatic nitrogens is 2. The molecule has 0 aliphatic heterocycles. The van der Waals surface area contributed by atoms with Gasteiger partial charge in [0.05, 0.1) is 23.6 Å². The molecule has 0 fully saturated rings. The van der Waals surface area contributed by atoms with Crippen LogP contribution >= 0.6 is 0 Å². The topological polar surface area (TPSA) is 55.0 Å². The summed E-state index contributed by atoms with van der Waals surface area (Å²) in [6.07, 6.45) is 3.12. The lowest BCUT2D eigenvalue weighted by molar-refractivity contribution is 0.309. The number of methoxy groups -OCH3 is 1. The van der Waals surface area contributed by atoms with E-state index in [1.165, 1.54) is 7.11 Å². The first-order valence-electron chi connectivity index (χ1n) is 5.73. The fourth-order valence-corrected chi connectivity index (χ4v) is 1.83. The van der Waals surface area contributed by atoms with E-state index < -0.39 is 0 Å². The lowest BCUT2D eigenvalue weighted by Crippen LogP contribution is -2.11. The average Bonchev–Trinajstić information content (AvgIpc) is 2.44. The van der Waals surface area contributed by atoms with E-state index in [1.54, 1.807) is 30.4 Å². The van der Waals surface area contributed by atoms with Crippen molar-refractivity contribution in [3.8, 4) is 0 Å². The Morgan fingerprint density at radius 1 is 1.32 bits per heavy atom. The summed E-state index contributed by atoms with van der Waals surface area (Å²) in [4.78, 5) is 19.1. The van der Waals surface area contributed by atoms with Gasteiger partial charge < -0.3 is 9.72 Å². The van der Waals surface area contributed by atoms with Gasteiger partial charge >= 0.3 is 0 Å². The van der Waals surface area contributed by atoms with Crippen LogP contribution in [0.2, 0.25) is 0 Å². The Hall–Kier alpha value is -2.62. The Balaban J connectivity index is 2.76. The highest BCUT2D eigenvalue weighted by molar-refractivity contribution is 5.81.